The van der Waals surface area contributed by atoms with Crippen molar-refractivity contribution in [3.63, 3.8) is 0 Å². The van der Waals surface area contributed by atoms with Gasteiger partial charge in [-0.05, 0) is 11.8 Å². The normalized spacial score (nSPS) is 11.2. The zero-order valence-corrected chi connectivity index (χ0v) is 17.9. The summed E-state index contributed by atoms with van der Waals surface area (Å²) >= 11 is 23.9. The number of aldehydes is 1. The molecule has 0 heterocycles. The van der Waals surface area contributed by atoms with Crippen LogP contribution in [0.25, 0.3) is 0 Å². The molecule has 1 rings (SSSR count). The van der Waals surface area contributed by atoms with Crippen LogP contribution < -0.4 is 0 Å². The molecule has 0 aliphatic carbocycles. The van der Waals surface area contributed by atoms with Crippen molar-refractivity contribution in [3.8, 4) is 0 Å². The molecular formula is C17H19Cl4NO4. The molecule has 1 aromatic carbocycles. The Morgan fingerprint density at radius 1 is 0.923 bits per heavy atom. The number of hydroxylamine groups is 2. The van der Waals surface area contributed by atoms with Crippen molar-refractivity contribution in [3.05, 3.63) is 31.2 Å². The monoisotopic (exact) mass is 441 g/mol. The number of amides is 1. The molecule has 5 nitrogen and oxygen atoms in total. The van der Waals surface area contributed by atoms with Gasteiger partial charge in [-0.1, -0.05) is 74.1 Å². The molecule has 1 amide bonds. The maximum Gasteiger partial charge on any atom is 0.336 e. The van der Waals surface area contributed by atoms with Gasteiger partial charge in [0, 0.05) is 12.6 Å². The van der Waals surface area contributed by atoms with E-state index in [4.69, 9.17) is 51.2 Å². The fourth-order valence-corrected chi connectivity index (χ4v) is 3.67. The van der Waals surface area contributed by atoms with Crippen LogP contribution >= 0.6 is 46.4 Å². The van der Waals surface area contributed by atoms with Gasteiger partial charge in [-0.15, -0.1) is 0 Å². The van der Waals surface area contributed by atoms with Gasteiger partial charge in [0.2, 0.25) is 0 Å². The van der Waals surface area contributed by atoms with E-state index in [9.17, 15) is 14.4 Å². The highest BCUT2D eigenvalue weighted by Gasteiger charge is 2.32. The minimum absolute atomic E-state index is 0.0135. The van der Waals surface area contributed by atoms with Gasteiger partial charge in [0.1, 0.15) is 0 Å². The fraction of sp³-hybridized carbons (Fsp3) is 0.471. The molecule has 0 atom stereocenters. The second kappa shape index (κ2) is 9.27. The van der Waals surface area contributed by atoms with E-state index in [0.717, 1.165) is 0 Å². The SMILES string of the molecule is CC(C)C(C(=O)ON(C)C(=O)c1c(Cl)c(Cl)c(Cl)c(Cl)c1C=O)C(C)C. The van der Waals surface area contributed by atoms with Crippen LogP contribution in [0.4, 0.5) is 0 Å². The number of carbonyl (C=O) groups is 3. The third-order valence-electron chi connectivity index (χ3n) is 3.86. The molecular weight excluding hydrogens is 424 g/mol. The lowest BCUT2D eigenvalue weighted by Crippen LogP contribution is -2.36. The number of carbonyl (C=O) groups excluding carboxylic acids is 3. The summed E-state index contributed by atoms with van der Waals surface area (Å²) in [6.45, 7) is 7.53. The zero-order valence-electron chi connectivity index (χ0n) is 14.9. The quantitative estimate of drug-likeness (QED) is 0.258. The predicted molar refractivity (Wildman–Crippen MR) is 103 cm³/mol. The molecule has 26 heavy (non-hydrogen) atoms. The van der Waals surface area contributed by atoms with Crippen LogP contribution in [0.5, 0.6) is 0 Å². The van der Waals surface area contributed by atoms with E-state index in [1.54, 1.807) is 0 Å². The maximum absolute atomic E-state index is 12.7. The first-order valence-corrected chi connectivity index (χ1v) is 9.27. The molecule has 0 N–H and O–H groups in total. The Morgan fingerprint density at radius 3 is 1.81 bits per heavy atom. The fourth-order valence-electron chi connectivity index (χ4n) is 2.68. The molecule has 0 saturated heterocycles. The van der Waals surface area contributed by atoms with Crippen molar-refractivity contribution in [1.82, 2.24) is 5.06 Å². The van der Waals surface area contributed by atoms with Gasteiger partial charge in [0.25, 0.3) is 5.91 Å². The lowest BCUT2D eigenvalue weighted by atomic mass is 9.86. The summed E-state index contributed by atoms with van der Waals surface area (Å²) in [5.41, 5.74) is -0.523. The summed E-state index contributed by atoms with van der Waals surface area (Å²) in [5.74, 6) is -1.80. The molecule has 1 aromatic rings. The molecule has 0 aliphatic rings. The molecule has 0 saturated carbocycles. The van der Waals surface area contributed by atoms with E-state index in [-0.39, 0.29) is 43.1 Å². The summed E-state index contributed by atoms with van der Waals surface area (Å²) in [4.78, 5) is 41.7. The highest BCUT2D eigenvalue weighted by Crippen LogP contribution is 2.41. The Hall–Kier alpha value is -1.01. The molecule has 144 valence electrons. The summed E-state index contributed by atoms with van der Waals surface area (Å²) in [7, 11) is 1.24. The van der Waals surface area contributed by atoms with Crippen LogP contribution in [-0.2, 0) is 9.63 Å². The van der Waals surface area contributed by atoms with E-state index < -0.39 is 17.8 Å². The van der Waals surface area contributed by atoms with Crippen molar-refractivity contribution in [1.29, 1.82) is 0 Å². The number of halogens is 4. The number of nitrogens with zero attached hydrogens (tertiary/aromatic N) is 1. The van der Waals surface area contributed by atoms with Crippen molar-refractivity contribution in [2.24, 2.45) is 17.8 Å². The molecule has 0 aliphatic heterocycles. The highest BCUT2D eigenvalue weighted by molar-refractivity contribution is 6.53. The number of rotatable bonds is 5. The smallest absolute Gasteiger partial charge is 0.336 e. The summed E-state index contributed by atoms with van der Waals surface area (Å²) in [6.07, 6.45) is 0.338. The number of hydrogen-bond acceptors (Lipinski definition) is 4. The summed E-state index contributed by atoms with van der Waals surface area (Å²) in [5, 5.41) is -0.0678. The minimum Gasteiger partial charge on any atom is -0.338 e. The molecule has 0 fully saturated rings. The third-order valence-corrected chi connectivity index (χ3v) is 5.67. The van der Waals surface area contributed by atoms with Crippen LogP contribution in [0.1, 0.15) is 48.4 Å². The molecule has 0 bridgehead atoms. The summed E-state index contributed by atoms with van der Waals surface area (Å²) < 4.78 is 0. The van der Waals surface area contributed by atoms with Crippen molar-refractivity contribution < 1.29 is 19.2 Å². The van der Waals surface area contributed by atoms with Crippen LogP contribution in [-0.4, -0.2) is 30.3 Å². The Bertz CT molecular complexity index is 726. The Labute approximate surface area is 172 Å². The van der Waals surface area contributed by atoms with E-state index >= 15 is 0 Å². The second-order valence-corrected chi connectivity index (χ2v) is 7.90. The Morgan fingerprint density at radius 2 is 1.38 bits per heavy atom. The topological polar surface area (TPSA) is 63.7 Å². The van der Waals surface area contributed by atoms with Gasteiger partial charge in [0.05, 0.1) is 31.6 Å². The second-order valence-electron chi connectivity index (χ2n) is 6.39. The molecule has 0 aromatic heterocycles. The molecule has 0 spiro atoms. The molecule has 0 radical (unpaired) electrons. The lowest BCUT2D eigenvalue weighted by molar-refractivity contribution is -0.182. The Balaban J connectivity index is 3.25. The summed E-state index contributed by atoms with van der Waals surface area (Å²) in [6, 6.07) is 0. The van der Waals surface area contributed by atoms with Gasteiger partial charge in [-0.3, -0.25) is 9.59 Å². The average molecular weight is 443 g/mol. The minimum atomic E-state index is -0.850. The van der Waals surface area contributed by atoms with E-state index in [1.807, 2.05) is 27.7 Å². The third kappa shape index (κ3) is 4.63. The first-order valence-electron chi connectivity index (χ1n) is 7.76. The molecule has 9 heteroatoms. The largest absolute Gasteiger partial charge is 0.338 e. The van der Waals surface area contributed by atoms with Crippen LogP contribution in [0.2, 0.25) is 20.1 Å². The van der Waals surface area contributed by atoms with Crippen molar-refractivity contribution in [2.75, 3.05) is 7.05 Å². The average Bonchev–Trinajstić information content (AvgIpc) is 2.54. The van der Waals surface area contributed by atoms with Crippen LogP contribution in [0, 0.1) is 17.8 Å². The van der Waals surface area contributed by atoms with E-state index in [1.165, 1.54) is 7.05 Å². The molecule has 0 unspecified atom stereocenters. The van der Waals surface area contributed by atoms with Crippen LogP contribution in [0.15, 0.2) is 0 Å². The van der Waals surface area contributed by atoms with Gasteiger partial charge in [-0.2, -0.15) is 5.06 Å². The van der Waals surface area contributed by atoms with E-state index in [0.29, 0.717) is 11.3 Å². The van der Waals surface area contributed by atoms with Gasteiger partial charge < -0.3 is 4.84 Å². The van der Waals surface area contributed by atoms with Crippen molar-refractivity contribution in [2.45, 2.75) is 27.7 Å². The Kier molecular flexibility index (Phi) is 8.21. The van der Waals surface area contributed by atoms with E-state index in [2.05, 4.69) is 0 Å². The highest BCUT2D eigenvalue weighted by atomic mass is 35.5. The first kappa shape index (κ1) is 23.0. The standard InChI is InChI=1S/C17H19Cl4NO4/c1-7(2)10(8(3)4)17(25)26-22(5)16(24)11-9(6-23)12(18)14(20)15(21)13(11)19/h6-8,10H,1-5H3. The van der Waals surface area contributed by atoms with Gasteiger partial charge >= 0.3 is 5.97 Å². The van der Waals surface area contributed by atoms with Gasteiger partial charge in [0.15, 0.2) is 6.29 Å². The maximum atomic E-state index is 12.7. The lowest BCUT2D eigenvalue weighted by Gasteiger charge is -2.26. The first-order chi connectivity index (χ1) is 11.9. The predicted octanol–water partition coefficient (Wildman–Crippen LogP) is 5.57. The van der Waals surface area contributed by atoms with Crippen LogP contribution in [0.3, 0.4) is 0 Å². The van der Waals surface area contributed by atoms with Gasteiger partial charge in [-0.25, -0.2) is 4.79 Å². The number of hydrogen-bond donors (Lipinski definition) is 0. The van der Waals surface area contributed by atoms with Crippen molar-refractivity contribution >= 4 is 64.6 Å². The number of benzene rings is 1. The zero-order chi connectivity index (χ0) is 20.3.